The van der Waals surface area contributed by atoms with Crippen LogP contribution in [0, 0.1) is 0 Å². The lowest BCUT2D eigenvalue weighted by molar-refractivity contribution is -0.138. The first-order chi connectivity index (χ1) is 7.25. The van der Waals surface area contributed by atoms with E-state index in [1.54, 1.807) is 12.4 Å². The van der Waals surface area contributed by atoms with E-state index in [0.717, 1.165) is 18.4 Å². The van der Waals surface area contributed by atoms with Crippen molar-refractivity contribution in [2.45, 2.75) is 25.4 Å². The van der Waals surface area contributed by atoms with E-state index in [-0.39, 0.29) is 6.54 Å². The van der Waals surface area contributed by atoms with Gasteiger partial charge in [0.2, 0.25) is 0 Å². The van der Waals surface area contributed by atoms with Gasteiger partial charge in [-0.1, -0.05) is 0 Å². The fraction of sp³-hybridized carbons (Fsp3) is 0.455. The number of hydrogen-bond acceptors (Lipinski definition) is 3. The molecule has 2 rings (SSSR count). The topological polar surface area (TPSA) is 53.4 Å². The average molecular weight is 206 g/mol. The number of aromatic nitrogens is 1. The van der Waals surface area contributed by atoms with Crippen LogP contribution in [-0.4, -0.2) is 33.5 Å². The van der Waals surface area contributed by atoms with Crippen LogP contribution in [0.25, 0.3) is 0 Å². The van der Waals surface area contributed by atoms with Crippen LogP contribution in [0.3, 0.4) is 0 Å². The predicted molar refractivity (Wildman–Crippen MR) is 55.3 cm³/mol. The fourth-order valence-electron chi connectivity index (χ4n) is 1.65. The summed E-state index contributed by atoms with van der Waals surface area (Å²) in [5, 5.41) is 8.78. The van der Waals surface area contributed by atoms with E-state index < -0.39 is 5.97 Å². The van der Waals surface area contributed by atoms with Gasteiger partial charge in [-0.3, -0.25) is 14.7 Å². The average Bonchev–Trinajstić information content (AvgIpc) is 3.01. The number of carboxylic acids is 1. The van der Waals surface area contributed by atoms with E-state index in [9.17, 15) is 4.79 Å². The van der Waals surface area contributed by atoms with Crippen LogP contribution < -0.4 is 0 Å². The number of hydrogen-bond donors (Lipinski definition) is 1. The van der Waals surface area contributed by atoms with Gasteiger partial charge < -0.3 is 5.11 Å². The molecule has 80 valence electrons. The van der Waals surface area contributed by atoms with Gasteiger partial charge in [0, 0.05) is 25.0 Å². The van der Waals surface area contributed by atoms with Crippen LogP contribution in [0.1, 0.15) is 18.4 Å². The maximum absolute atomic E-state index is 10.7. The quantitative estimate of drug-likeness (QED) is 0.784. The van der Waals surface area contributed by atoms with E-state index in [2.05, 4.69) is 4.98 Å². The predicted octanol–water partition coefficient (Wildman–Crippen LogP) is 1.13. The minimum Gasteiger partial charge on any atom is -0.480 e. The molecule has 4 heteroatoms. The first-order valence-electron chi connectivity index (χ1n) is 5.10. The Kier molecular flexibility index (Phi) is 2.97. The van der Waals surface area contributed by atoms with Crippen molar-refractivity contribution in [2.75, 3.05) is 6.54 Å². The fourth-order valence-corrected chi connectivity index (χ4v) is 1.65. The molecule has 0 radical (unpaired) electrons. The SMILES string of the molecule is O=C(O)CN(Cc1ccncc1)C1CC1. The number of carbonyl (C=O) groups is 1. The molecule has 1 saturated carbocycles. The van der Waals surface area contributed by atoms with Crippen LogP contribution in [0.5, 0.6) is 0 Å². The summed E-state index contributed by atoms with van der Waals surface area (Å²) >= 11 is 0. The first-order valence-corrected chi connectivity index (χ1v) is 5.10. The zero-order chi connectivity index (χ0) is 10.7. The lowest BCUT2D eigenvalue weighted by Gasteiger charge is -2.19. The van der Waals surface area contributed by atoms with Crippen LogP contribution in [0.15, 0.2) is 24.5 Å². The van der Waals surface area contributed by atoms with Crippen molar-refractivity contribution in [2.24, 2.45) is 0 Å². The molecular weight excluding hydrogens is 192 g/mol. The molecule has 1 N–H and O–H groups in total. The van der Waals surface area contributed by atoms with Gasteiger partial charge in [-0.2, -0.15) is 0 Å². The second-order valence-corrected chi connectivity index (χ2v) is 3.89. The summed E-state index contributed by atoms with van der Waals surface area (Å²) in [5.41, 5.74) is 1.12. The highest BCUT2D eigenvalue weighted by Gasteiger charge is 2.30. The molecule has 15 heavy (non-hydrogen) atoms. The summed E-state index contributed by atoms with van der Waals surface area (Å²) in [7, 11) is 0. The molecule has 0 amide bonds. The summed E-state index contributed by atoms with van der Waals surface area (Å²) in [6, 6.07) is 4.32. The van der Waals surface area contributed by atoms with Crippen molar-refractivity contribution >= 4 is 5.97 Å². The number of aliphatic carboxylic acids is 1. The molecule has 1 aliphatic carbocycles. The standard InChI is InChI=1S/C11H14N2O2/c14-11(15)8-13(10-1-2-10)7-9-3-5-12-6-4-9/h3-6,10H,1-2,7-8H2,(H,14,15). The van der Waals surface area contributed by atoms with Gasteiger partial charge in [0.05, 0.1) is 6.54 Å². The number of rotatable bonds is 5. The first kappa shape index (κ1) is 10.1. The molecule has 0 saturated heterocycles. The van der Waals surface area contributed by atoms with Gasteiger partial charge in [0.25, 0.3) is 0 Å². The van der Waals surface area contributed by atoms with E-state index >= 15 is 0 Å². The summed E-state index contributed by atoms with van der Waals surface area (Å²) in [4.78, 5) is 16.6. The molecule has 1 aromatic heterocycles. The lowest BCUT2D eigenvalue weighted by Crippen LogP contribution is -2.31. The summed E-state index contributed by atoms with van der Waals surface area (Å²) in [6.45, 7) is 0.840. The third-order valence-corrected chi connectivity index (χ3v) is 2.54. The number of pyridine rings is 1. The van der Waals surface area contributed by atoms with Crippen molar-refractivity contribution < 1.29 is 9.90 Å². The van der Waals surface area contributed by atoms with Gasteiger partial charge >= 0.3 is 5.97 Å². The third-order valence-electron chi connectivity index (χ3n) is 2.54. The van der Waals surface area contributed by atoms with Crippen LogP contribution >= 0.6 is 0 Å². The second kappa shape index (κ2) is 4.40. The molecule has 1 aromatic rings. The van der Waals surface area contributed by atoms with Crippen molar-refractivity contribution in [3.05, 3.63) is 30.1 Å². The van der Waals surface area contributed by atoms with E-state index in [1.807, 2.05) is 17.0 Å². The molecule has 0 unspecified atom stereocenters. The highest BCUT2D eigenvalue weighted by molar-refractivity contribution is 5.69. The van der Waals surface area contributed by atoms with E-state index in [1.165, 1.54) is 0 Å². The molecule has 1 aliphatic rings. The maximum atomic E-state index is 10.7. The Morgan fingerprint density at radius 2 is 2.13 bits per heavy atom. The van der Waals surface area contributed by atoms with Crippen molar-refractivity contribution in [3.63, 3.8) is 0 Å². The summed E-state index contributed by atoms with van der Waals surface area (Å²) < 4.78 is 0. The van der Waals surface area contributed by atoms with Gasteiger partial charge in [0.1, 0.15) is 0 Å². The highest BCUT2D eigenvalue weighted by Crippen LogP contribution is 2.27. The number of nitrogens with zero attached hydrogens (tertiary/aromatic N) is 2. The molecule has 4 nitrogen and oxygen atoms in total. The van der Waals surface area contributed by atoms with Gasteiger partial charge in [-0.05, 0) is 30.5 Å². The highest BCUT2D eigenvalue weighted by atomic mass is 16.4. The van der Waals surface area contributed by atoms with E-state index in [4.69, 9.17) is 5.11 Å². The summed E-state index contributed by atoms with van der Waals surface area (Å²) in [6.07, 6.45) is 5.72. The number of carboxylic acid groups (broad SMARTS) is 1. The molecule has 1 heterocycles. The Labute approximate surface area is 88.6 Å². The maximum Gasteiger partial charge on any atom is 0.317 e. The third kappa shape index (κ3) is 3.02. The van der Waals surface area contributed by atoms with E-state index in [0.29, 0.717) is 12.6 Å². The largest absolute Gasteiger partial charge is 0.480 e. The molecule has 1 fully saturated rings. The Morgan fingerprint density at radius 3 is 2.67 bits per heavy atom. The molecule has 0 aliphatic heterocycles. The van der Waals surface area contributed by atoms with Gasteiger partial charge in [-0.15, -0.1) is 0 Å². The monoisotopic (exact) mass is 206 g/mol. The van der Waals surface area contributed by atoms with Crippen LogP contribution in [0.2, 0.25) is 0 Å². The molecular formula is C11H14N2O2. The smallest absolute Gasteiger partial charge is 0.317 e. The van der Waals surface area contributed by atoms with Crippen molar-refractivity contribution in [1.82, 2.24) is 9.88 Å². The van der Waals surface area contributed by atoms with Crippen molar-refractivity contribution in [3.8, 4) is 0 Å². The summed E-state index contributed by atoms with van der Waals surface area (Å²) in [5.74, 6) is -0.754. The Morgan fingerprint density at radius 1 is 1.47 bits per heavy atom. The second-order valence-electron chi connectivity index (χ2n) is 3.89. The Bertz CT molecular complexity index is 336. The molecule has 0 bridgehead atoms. The van der Waals surface area contributed by atoms with Gasteiger partial charge in [0.15, 0.2) is 0 Å². The minimum atomic E-state index is -0.754. The van der Waals surface area contributed by atoms with Crippen molar-refractivity contribution in [1.29, 1.82) is 0 Å². The molecule has 0 aromatic carbocycles. The Balaban J connectivity index is 1.97. The molecule has 0 spiro atoms. The Hall–Kier alpha value is -1.42. The van der Waals surface area contributed by atoms with Crippen LogP contribution in [0.4, 0.5) is 0 Å². The normalized spacial score (nSPS) is 15.5. The zero-order valence-corrected chi connectivity index (χ0v) is 8.47. The van der Waals surface area contributed by atoms with Gasteiger partial charge in [-0.25, -0.2) is 0 Å². The van der Waals surface area contributed by atoms with Crippen LogP contribution in [-0.2, 0) is 11.3 Å². The molecule has 0 atom stereocenters. The minimum absolute atomic E-state index is 0.132. The zero-order valence-electron chi connectivity index (χ0n) is 8.47. The lowest BCUT2D eigenvalue weighted by atomic mass is 10.2.